The van der Waals surface area contributed by atoms with Gasteiger partial charge in [-0.1, -0.05) is 78.3 Å². The predicted molar refractivity (Wildman–Crippen MR) is 152 cm³/mol. The van der Waals surface area contributed by atoms with Crippen LogP contribution in [0.15, 0.2) is 30.3 Å². The van der Waals surface area contributed by atoms with Crippen LogP contribution in [0.3, 0.4) is 0 Å². The first kappa shape index (κ1) is 33.4. The summed E-state index contributed by atoms with van der Waals surface area (Å²) in [7, 11) is 0. The first-order valence-electron chi connectivity index (χ1n) is 14.5. The molecule has 0 bridgehead atoms. The third-order valence-corrected chi connectivity index (χ3v) is 7.49. The van der Waals surface area contributed by atoms with E-state index in [0.29, 0.717) is 19.3 Å². The van der Waals surface area contributed by atoms with Crippen molar-refractivity contribution in [2.45, 2.75) is 105 Å². The molecule has 1 unspecified atom stereocenters. The van der Waals surface area contributed by atoms with Gasteiger partial charge in [0.05, 0.1) is 24.5 Å². The van der Waals surface area contributed by atoms with Crippen LogP contribution in [0.5, 0.6) is 0 Å². The van der Waals surface area contributed by atoms with Crippen LogP contribution in [0.2, 0.25) is 0 Å². The predicted octanol–water partition coefficient (Wildman–Crippen LogP) is 3.55. The van der Waals surface area contributed by atoms with E-state index in [1.165, 1.54) is 0 Å². The highest BCUT2D eigenvalue weighted by Gasteiger charge is 2.42. The van der Waals surface area contributed by atoms with E-state index in [2.05, 4.69) is 5.32 Å². The second-order valence-corrected chi connectivity index (χ2v) is 12.1. The minimum absolute atomic E-state index is 0.0372. The van der Waals surface area contributed by atoms with E-state index in [1.807, 2.05) is 58.0 Å². The van der Waals surface area contributed by atoms with Crippen molar-refractivity contribution in [2.75, 3.05) is 0 Å². The molecule has 1 aliphatic carbocycles. The summed E-state index contributed by atoms with van der Waals surface area (Å²) in [6, 6.07) is 7.93. The number of nitrogens with two attached hydrogens (primary N) is 1. The van der Waals surface area contributed by atoms with E-state index in [0.717, 1.165) is 12.0 Å². The lowest BCUT2D eigenvalue weighted by molar-refractivity contribution is -0.161. The lowest BCUT2D eigenvalue weighted by Crippen LogP contribution is -2.51. The SMILES string of the molecule is CC(C)C[C@H](NC(=O)[C@@H](OC(=O)C[C@H](O)[C@H](N)C(C)C)C(C)C)C(=O)C1CCC[C@H]1C(=O)OCc1ccccc1. The highest BCUT2D eigenvalue weighted by atomic mass is 16.5. The van der Waals surface area contributed by atoms with Gasteiger partial charge in [0.2, 0.25) is 0 Å². The molecule has 1 aromatic rings. The zero-order valence-electron chi connectivity index (χ0n) is 24.8. The number of nitrogens with one attached hydrogen (secondary N) is 1. The van der Waals surface area contributed by atoms with Crippen LogP contribution in [0, 0.1) is 29.6 Å². The third-order valence-electron chi connectivity index (χ3n) is 7.49. The Balaban J connectivity index is 2.09. The Morgan fingerprint density at radius 2 is 1.60 bits per heavy atom. The third kappa shape index (κ3) is 10.0. The number of hydrogen-bond acceptors (Lipinski definition) is 8. The van der Waals surface area contributed by atoms with Crippen molar-refractivity contribution in [3.05, 3.63) is 35.9 Å². The number of aliphatic hydroxyl groups is 1. The molecule has 1 aromatic carbocycles. The van der Waals surface area contributed by atoms with Gasteiger partial charge >= 0.3 is 11.9 Å². The summed E-state index contributed by atoms with van der Waals surface area (Å²) in [5.74, 6) is -3.35. The van der Waals surface area contributed by atoms with Crippen molar-refractivity contribution in [1.29, 1.82) is 0 Å². The van der Waals surface area contributed by atoms with Gasteiger partial charge in [-0.15, -0.1) is 0 Å². The minimum Gasteiger partial charge on any atom is -0.461 e. The second-order valence-electron chi connectivity index (χ2n) is 12.1. The van der Waals surface area contributed by atoms with E-state index in [1.54, 1.807) is 13.8 Å². The summed E-state index contributed by atoms with van der Waals surface area (Å²) in [6.45, 7) is 11.2. The van der Waals surface area contributed by atoms with Crippen molar-refractivity contribution in [3.63, 3.8) is 0 Å². The molecule has 1 fully saturated rings. The minimum atomic E-state index is -1.15. The van der Waals surface area contributed by atoms with Gasteiger partial charge in [0.25, 0.3) is 5.91 Å². The second kappa shape index (κ2) is 15.9. The van der Waals surface area contributed by atoms with Gasteiger partial charge in [-0.2, -0.15) is 0 Å². The maximum atomic E-state index is 13.7. The lowest BCUT2D eigenvalue weighted by Gasteiger charge is -2.28. The number of ether oxygens (including phenoxy) is 2. The Hall–Kier alpha value is -2.78. The molecule has 40 heavy (non-hydrogen) atoms. The van der Waals surface area contributed by atoms with E-state index in [4.69, 9.17) is 15.2 Å². The molecular formula is C31H48N2O7. The standard InChI is InChI=1S/C31H48N2O7/c1-18(2)15-24(33-30(37)29(20(5)6)40-26(35)16-25(34)27(32)19(3)4)28(36)22-13-10-14-23(22)31(38)39-17-21-11-8-7-9-12-21/h7-9,11-12,18-20,22-25,27,29,34H,10,13-17,32H2,1-6H3,(H,33,37)/t22?,23-,24+,25+,27-,29+/m1/s1. The van der Waals surface area contributed by atoms with Gasteiger partial charge in [-0.25, -0.2) is 0 Å². The number of carbonyl (C=O) groups excluding carboxylic acids is 4. The van der Waals surface area contributed by atoms with Crippen LogP contribution in [-0.4, -0.2) is 53.0 Å². The smallest absolute Gasteiger partial charge is 0.310 e. The lowest BCUT2D eigenvalue weighted by atomic mass is 9.85. The van der Waals surface area contributed by atoms with Gasteiger partial charge in [-0.3, -0.25) is 19.2 Å². The van der Waals surface area contributed by atoms with Crippen molar-refractivity contribution < 1.29 is 33.8 Å². The number of rotatable bonds is 15. The maximum Gasteiger partial charge on any atom is 0.310 e. The van der Waals surface area contributed by atoms with Crippen LogP contribution >= 0.6 is 0 Å². The highest BCUT2D eigenvalue weighted by molar-refractivity contribution is 5.95. The van der Waals surface area contributed by atoms with Gasteiger partial charge < -0.3 is 25.6 Å². The molecule has 9 heteroatoms. The molecule has 9 nitrogen and oxygen atoms in total. The fraction of sp³-hybridized carbons (Fsp3) is 0.677. The van der Waals surface area contributed by atoms with Crippen molar-refractivity contribution in [2.24, 2.45) is 35.3 Å². The summed E-state index contributed by atoms with van der Waals surface area (Å²) in [5, 5.41) is 13.1. The summed E-state index contributed by atoms with van der Waals surface area (Å²) in [4.78, 5) is 52.5. The van der Waals surface area contributed by atoms with Crippen LogP contribution in [-0.2, 0) is 35.3 Å². The van der Waals surface area contributed by atoms with Gasteiger partial charge in [0.15, 0.2) is 11.9 Å². The summed E-state index contributed by atoms with van der Waals surface area (Å²) < 4.78 is 11.0. The first-order valence-corrected chi connectivity index (χ1v) is 14.5. The molecule has 0 saturated heterocycles. The van der Waals surface area contributed by atoms with Crippen LogP contribution in [0.25, 0.3) is 0 Å². The molecule has 224 valence electrons. The summed E-state index contributed by atoms with van der Waals surface area (Å²) >= 11 is 0. The number of ketones is 1. The number of hydrogen-bond donors (Lipinski definition) is 3. The average Bonchev–Trinajstić information content (AvgIpc) is 3.39. The highest BCUT2D eigenvalue weighted by Crippen LogP contribution is 2.35. The number of benzene rings is 1. The van der Waals surface area contributed by atoms with E-state index >= 15 is 0 Å². The van der Waals surface area contributed by atoms with Crippen molar-refractivity contribution in [1.82, 2.24) is 5.32 Å². The van der Waals surface area contributed by atoms with Crippen LogP contribution < -0.4 is 11.1 Å². The topological polar surface area (TPSA) is 145 Å². The Bertz CT molecular complexity index is 979. The van der Waals surface area contributed by atoms with Gasteiger partial charge in [-0.05, 0) is 42.6 Å². The first-order chi connectivity index (χ1) is 18.8. The van der Waals surface area contributed by atoms with Gasteiger partial charge in [0.1, 0.15) is 6.61 Å². The molecule has 0 spiro atoms. The average molecular weight is 561 g/mol. The molecule has 0 aliphatic heterocycles. The monoisotopic (exact) mass is 560 g/mol. The molecule has 0 heterocycles. The molecular weight excluding hydrogens is 512 g/mol. The van der Waals surface area contributed by atoms with Crippen molar-refractivity contribution in [3.8, 4) is 0 Å². The quantitative estimate of drug-likeness (QED) is 0.276. The molecule has 2 rings (SSSR count). The Morgan fingerprint density at radius 1 is 0.975 bits per heavy atom. The van der Waals surface area contributed by atoms with Gasteiger partial charge in [0, 0.05) is 12.0 Å². The zero-order chi connectivity index (χ0) is 30.0. The Kier molecular flexibility index (Phi) is 13.3. The number of aliphatic hydroxyl groups excluding tert-OH is 1. The maximum absolute atomic E-state index is 13.7. The molecule has 0 radical (unpaired) electrons. The molecule has 1 saturated carbocycles. The Labute approximate surface area is 238 Å². The fourth-order valence-electron chi connectivity index (χ4n) is 5.08. The molecule has 6 atom stereocenters. The van der Waals surface area contributed by atoms with Crippen LogP contribution in [0.1, 0.15) is 79.2 Å². The van der Waals surface area contributed by atoms with Crippen molar-refractivity contribution >= 4 is 23.6 Å². The summed E-state index contributed by atoms with van der Waals surface area (Å²) in [6.07, 6.45) is -0.374. The number of Topliss-reactive ketones (excluding diaryl/α,β-unsaturated/α-hetero) is 1. The van der Waals surface area contributed by atoms with E-state index in [-0.39, 0.29) is 36.6 Å². The molecule has 0 aromatic heterocycles. The number of esters is 2. The molecule has 1 amide bonds. The number of amides is 1. The largest absolute Gasteiger partial charge is 0.461 e. The number of carbonyl (C=O) groups is 4. The fourth-order valence-corrected chi connectivity index (χ4v) is 5.08. The summed E-state index contributed by atoms with van der Waals surface area (Å²) in [5.41, 5.74) is 6.81. The Morgan fingerprint density at radius 3 is 2.17 bits per heavy atom. The van der Waals surface area contributed by atoms with E-state index in [9.17, 15) is 24.3 Å². The molecule has 1 aliphatic rings. The van der Waals surface area contributed by atoms with Crippen LogP contribution in [0.4, 0.5) is 0 Å². The zero-order valence-corrected chi connectivity index (χ0v) is 24.8. The van der Waals surface area contributed by atoms with E-state index < -0.39 is 54.0 Å². The molecule has 4 N–H and O–H groups in total. The normalized spacial score (nSPS) is 20.2.